The van der Waals surface area contributed by atoms with E-state index >= 15 is 0 Å². The Balaban J connectivity index is 2.11. The van der Waals surface area contributed by atoms with Gasteiger partial charge in [0.2, 0.25) is 5.76 Å². The highest BCUT2D eigenvalue weighted by molar-refractivity contribution is 5.86. The van der Waals surface area contributed by atoms with E-state index in [1.165, 1.54) is 25.3 Å². The SMILES string of the molecule is COc1cc(F)ccc1Oc1cc(C)cc2oc(C#N)cc12. The minimum atomic E-state index is -0.409. The Morgan fingerprint density at radius 3 is 2.64 bits per heavy atom. The molecule has 4 nitrogen and oxygen atoms in total. The van der Waals surface area contributed by atoms with Gasteiger partial charge in [-0.2, -0.15) is 5.26 Å². The zero-order valence-electron chi connectivity index (χ0n) is 12.0. The van der Waals surface area contributed by atoms with Crippen molar-refractivity contribution in [3.8, 4) is 23.3 Å². The molecular formula is C17H12FNO3. The molecule has 0 N–H and O–H groups in total. The van der Waals surface area contributed by atoms with Gasteiger partial charge in [-0.1, -0.05) is 0 Å². The third-order valence-corrected chi connectivity index (χ3v) is 3.20. The maximum absolute atomic E-state index is 13.3. The predicted molar refractivity (Wildman–Crippen MR) is 78.7 cm³/mol. The molecule has 0 spiro atoms. The van der Waals surface area contributed by atoms with Crippen LogP contribution in [0.5, 0.6) is 17.2 Å². The zero-order valence-corrected chi connectivity index (χ0v) is 12.0. The molecule has 22 heavy (non-hydrogen) atoms. The van der Waals surface area contributed by atoms with Gasteiger partial charge >= 0.3 is 0 Å². The van der Waals surface area contributed by atoms with Crippen LogP contribution in [0, 0.1) is 24.1 Å². The molecule has 1 aromatic heterocycles. The fourth-order valence-corrected chi connectivity index (χ4v) is 2.22. The zero-order chi connectivity index (χ0) is 15.7. The fourth-order valence-electron chi connectivity index (χ4n) is 2.22. The number of ether oxygens (including phenoxy) is 2. The van der Waals surface area contributed by atoms with Gasteiger partial charge in [-0.15, -0.1) is 0 Å². The van der Waals surface area contributed by atoms with Crippen molar-refractivity contribution < 1.29 is 18.3 Å². The molecule has 3 aromatic rings. The van der Waals surface area contributed by atoms with Gasteiger partial charge in [0.15, 0.2) is 11.5 Å². The van der Waals surface area contributed by atoms with Crippen molar-refractivity contribution in [1.29, 1.82) is 5.26 Å². The molecule has 0 fully saturated rings. The highest BCUT2D eigenvalue weighted by Crippen LogP contribution is 2.37. The van der Waals surface area contributed by atoms with Crippen LogP contribution in [0.15, 0.2) is 40.8 Å². The van der Waals surface area contributed by atoms with E-state index in [4.69, 9.17) is 19.2 Å². The maximum atomic E-state index is 13.3. The molecule has 0 saturated carbocycles. The van der Waals surface area contributed by atoms with Crippen molar-refractivity contribution in [3.63, 3.8) is 0 Å². The highest BCUT2D eigenvalue weighted by atomic mass is 19.1. The molecule has 0 aliphatic heterocycles. The number of nitriles is 1. The molecule has 0 bridgehead atoms. The molecule has 0 radical (unpaired) electrons. The summed E-state index contributed by atoms with van der Waals surface area (Å²) >= 11 is 0. The Labute approximate surface area is 126 Å². The van der Waals surface area contributed by atoms with Gasteiger partial charge in [-0.05, 0) is 36.8 Å². The molecule has 1 heterocycles. The van der Waals surface area contributed by atoms with Gasteiger partial charge in [0, 0.05) is 12.1 Å². The first-order valence-corrected chi connectivity index (χ1v) is 6.56. The molecule has 0 saturated heterocycles. The van der Waals surface area contributed by atoms with E-state index in [0.717, 1.165) is 5.56 Å². The number of furan rings is 1. The van der Waals surface area contributed by atoms with E-state index in [-0.39, 0.29) is 5.76 Å². The minimum absolute atomic E-state index is 0.205. The largest absolute Gasteiger partial charge is 0.493 e. The summed E-state index contributed by atoms with van der Waals surface area (Å²) in [7, 11) is 1.44. The summed E-state index contributed by atoms with van der Waals surface area (Å²) in [6, 6.07) is 11.3. The first-order valence-electron chi connectivity index (χ1n) is 6.56. The smallest absolute Gasteiger partial charge is 0.204 e. The Bertz CT molecular complexity index is 893. The third kappa shape index (κ3) is 2.47. The summed E-state index contributed by atoms with van der Waals surface area (Å²) in [6.45, 7) is 1.89. The van der Waals surface area contributed by atoms with Crippen molar-refractivity contribution in [2.75, 3.05) is 7.11 Å². The lowest BCUT2D eigenvalue weighted by Crippen LogP contribution is -1.92. The van der Waals surface area contributed by atoms with Crippen molar-refractivity contribution in [2.45, 2.75) is 6.92 Å². The van der Waals surface area contributed by atoms with E-state index in [9.17, 15) is 4.39 Å². The average Bonchev–Trinajstić information content (AvgIpc) is 2.92. The Hall–Kier alpha value is -3.00. The van der Waals surface area contributed by atoms with E-state index in [2.05, 4.69) is 0 Å². The van der Waals surface area contributed by atoms with Crippen LogP contribution >= 0.6 is 0 Å². The number of hydrogen-bond acceptors (Lipinski definition) is 4. The summed E-state index contributed by atoms with van der Waals surface area (Å²) in [6.07, 6.45) is 0. The summed E-state index contributed by atoms with van der Waals surface area (Å²) in [5.74, 6) is 0.990. The van der Waals surface area contributed by atoms with Gasteiger partial charge in [0.25, 0.3) is 0 Å². The number of halogens is 1. The fraction of sp³-hybridized carbons (Fsp3) is 0.118. The molecule has 2 aromatic carbocycles. The van der Waals surface area contributed by atoms with Gasteiger partial charge in [-0.3, -0.25) is 0 Å². The molecule has 0 aliphatic rings. The first kappa shape index (κ1) is 14.0. The second-order valence-corrected chi connectivity index (χ2v) is 4.79. The lowest BCUT2D eigenvalue weighted by molar-refractivity contribution is 0.376. The van der Waals surface area contributed by atoms with Gasteiger partial charge in [-0.25, -0.2) is 4.39 Å². The number of benzene rings is 2. The van der Waals surface area contributed by atoms with Crippen molar-refractivity contribution in [3.05, 3.63) is 53.5 Å². The molecule has 0 unspecified atom stereocenters. The van der Waals surface area contributed by atoms with Crippen LogP contribution in [0.25, 0.3) is 11.0 Å². The van der Waals surface area contributed by atoms with Crippen LogP contribution in [-0.4, -0.2) is 7.11 Å². The maximum Gasteiger partial charge on any atom is 0.204 e. The topological polar surface area (TPSA) is 55.4 Å². The second-order valence-electron chi connectivity index (χ2n) is 4.79. The summed E-state index contributed by atoms with van der Waals surface area (Å²) in [5, 5.41) is 9.63. The first-order chi connectivity index (χ1) is 10.6. The molecule has 0 atom stereocenters. The molecular weight excluding hydrogens is 285 g/mol. The lowest BCUT2D eigenvalue weighted by Gasteiger charge is -2.11. The minimum Gasteiger partial charge on any atom is -0.493 e. The monoisotopic (exact) mass is 297 g/mol. The molecule has 110 valence electrons. The van der Waals surface area contributed by atoms with Gasteiger partial charge in [0.05, 0.1) is 12.5 Å². The molecule has 0 amide bonds. The number of fused-ring (bicyclic) bond motifs is 1. The number of methoxy groups -OCH3 is 1. The predicted octanol–water partition coefficient (Wildman–Crippen LogP) is 4.55. The van der Waals surface area contributed by atoms with Gasteiger partial charge in [0.1, 0.15) is 23.2 Å². The number of aryl methyl sites for hydroxylation is 1. The van der Waals surface area contributed by atoms with Crippen LogP contribution in [0.3, 0.4) is 0 Å². The molecule has 0 aliphatic carbocycles. The van der Waals surface area contributed by atoms with E-state index in [1.807, 2.05) is 25.1 Å². The molecule has 3 rings (SSSR count). The summed E-state index contributed by atoms with van der Waals surface area (Å²) < 4.78 is 29.6. The van der Waals surface area contributed by atoms with Crippen molar-refractivity contribution >= 4 is 11.0 Å². The van der Waals surface area contributed by atoms with E-state index < -0.39 is 5.82 Å². The van der Waals surface area contributed by atoms with Crippen LogP contribution < -0.4 is 9.47 Å². The van der Waals surface area contributed by atoms with Crippen LogP contribution in [0.2, 0.25) is 0 Å². The lowest BCUT2D eigenvalue weighted by atomic mass is 10.1. The summed E-state index contributed by atoms with van der Waals surface area (Å²) in [5.41, 5.74) is 1.48. The standard InChI is InChI=1S/C17H12FNO3/c1-10-5-15-13(8-12(9-19)21-15)16(6-10)22-14-4-3-11(18)7-17(14)20-2/h3-8H,1-2H3. The normalized spacial score (nSPS) is 10.5. The molecule has 5 heteroatoms. The van der Waals surface area contributed by atoms with Crippen LogP contribution in [-0.2, 0) is 0 Å². The Morgan fingerprint density at radius 2 is 1.91 bits per heavy atom. The van der Waals surface area contributed by atoms with Crippen molar-refractivity contribution in [1.82, 2.24) is 0 Å². The van der Waals surface area contributed by atoms with Crippen molar-refractivity contribution in [2.24, 2.45) is 0 Å². The third-order valence-electron chi connectivity index (χ3n) is 3.20. The van der Waals surface area contributed by atoms with Gasteiger partial charge < -0.3 is 13.9 Å². The van der Waals surface area contributed by atoms with E-state index in [0.29, 0.717) is 28.2 Å². The van der Waals surface area contributed by atoms with Crippen LogP contribution in [0.4, 0.5) is 4.39 Å². The van der Waals surface area contributed by atoms with E-state index in [1.54, 1.807) is 6.07 Å². The average molecular weight is 297 g/mol. The second kappa shape index (κ2) is 5.41. The highest BCUT2D eigenvalue weighted by Gasteiger charge is 2.13. The number of hydrogen-bond donors (Lipinski definition) is 0. The number of nitrogens with zero attached hydrogens (tertiary/aromatic N) is 1. The Morgan fingerprint density at radius 1 is 1.09 bits per heavy atom. The number of rotatable bonds is 3. The summed E-state index contributed by atoms with van der Waals surface area (Å²) in [4.78, 5) is 0. The quantitative estimate of drug-likeness (QED) is 0.711. The Kier molecular flexibility index (Phi) is 3.43. The van der Waals surface area contributed by atoms with Crippen LogP contribution in [0.1, 0.15) is 11.3 Å².